The van der Waals surface area contributed by atoms with Gasteiger partial charge in [0.1, 0.15) is 0 Å². The zero-order chi connectivity index (χ0) is 7.68. The second-order valence-corrected chi connectivity index (χ2v) is 3.13. The van der Waals surface area contributed by atoms with E-state index in [0.29, 0.717) is 5.69 Å². The summed E-state index contributed by atoms with van der Waals surface area (Å²) in [6, 6.07) is 3.99. The first-order valence-corrected chi connectivity index (χ1v) is 4.08. The fourth-order valence-corrected chi connectivity index (χ4v) is 1.66. The van der Waals surface area contributed by atoms with Crippen molar-refractivity contribution in [1.29, 1.82) is 0 Å². The molecule has 0 aromatic carbocycles. The van der Waals surface area contributed by atoms with E-state index < -0.39 is 0 Å². The third kappa shape index (κ3) is 1.01. The van der Waals surface area contributed by atoms with E-state index >= 15 is 0 Å². The van der Waals surface area contributed by atoms with Crippen LogP contribution in [0.15, 0.2) is 23.7 Å². The molecule has 4 heteroatoms. The molecule has 0 aliphatic heterocycles. The Balaban J connectivity index is 2.53. The molecule has 0 atom stereocenters. The lowest BCUT2D eigenvalue weighted by Gasteiger charge is -1.91. The molecule has 2 heterocycles. The molecule has 0 aliphatic rings. The van der Waals surface area contributed by atoms with Crippen LogP contribution < -0.4 is 5.73 Å². The molecule has 0 bridgehead atoms. The topological polar surface area (TPSA) is 54.7 Å². The molecular formula is C7H7N3S. The predicted molar refractivity (Wildman–Crippen MR) is 46.3 cm³/mol. The fourth-order valence-electron chi connectivity index (χ4n) is 0.914. The maximum atomic E-state index is 5.64. The molecule has 0 spiro atoms. The van der Waals surface area contributed by atoms with E-state index in [0.717, 1.165) is 10.6 Å². The number of hydrogen-bond acceptors (Lipinski definition) is 3. The largest absolute Gasteiger partial charge is 0.396 e. The van der Waals surface area contributed by atoms with Crippen molar-refractivity contribution >= 4 is 17.0 Å². The quantitative estimate of drug-likeness (QED) is 0.676. The van der Waals surface area contributed by atoms with Crippen molar-refractivity contribution in [3.8, 4) is 10.6 Å². The second-order valence-electron chi connectivity index (χ2n) is 2.18. The summed E-state index contributed by atoms with van der Waals surface area (Å²) >= 11 is 1.64. The number of anilines is 1. The van der Waals surface area contributed by atoms with Crippen LogP contribution >= 0.6 is 11.3 Å². The summed E-state index contributed by atoms with van der Waals surface area (Å²) < 4.78 is 0. The number of thiophene rings is 1. The van der Waals surface area contributed by atoms with Gasteiger partial charge in [-0.05, 0) is 11.4 Å². The lowest BCUT2D eigenvalue weighted by molar-refractivity contribution is 1.10. The van der Waals surface area contributed by atoms with Crippen LogP contribution in [0.4, 0.5) is 5.69 Å². The average Bonchev–Trinajstić information content (AvgIpc) is 2.55. The molecular weight excluding hydrogens is 158 g/mol. The van der Waals surface area contributed by atoms with E-state index in [1.165, 1.54) is 0 Å². The highest BCUT2D eigenvalue weighted by atomic mass is 32.1. The molecule has 0 aliphatic carbocycles. The number of nitrogens with one attached hydrogen (secondary N) is 1. The SMILES string of the molecule is Nc1cn[nH]c1-c1cccs1. The number of H-pyrrole nitrogens is 1. The smallest absolute Gasteiger partial charge is 0.0979 e. The van der Waals surface area contributed by atoms with Gasteiger partial charge in [0.25, 0.3) is 0 Å². The molecule has 2 aromatic heterocycles. The van der Waals surface area contributed by atoms with E-state index in [2.05, 4.69) is 10.2 Å². The Morgan fingerprint density at radius 2 is 2.45 bits per heavy atom. The first-order valence-electron chi connectivity index (χ1n) is 3.20. The molecule has 0 radical (unpaired) electrons. The normalized spacial score (nSPS) is 10.2. The summed E-state index contributed by atoms with van der Waals surface area (Å²) in [5.41, 5.74) is 7.26. The highest BCUT2D eigenvalue weighted by Crippen LogP contribution is 2.26. The molecule has 0 saturated heterocycles. The van der Waals surface area contributed by atoms with Gasteiger partial charge in [-0.1, -0.05) is 6.07 Å². The van der Waals surface area contributed by atoms with Gasteiger partial charge in [0, 0.05) is 0 Å². The third-order valence-electron chi connectivity index (χ3n) is 1.44. The minimum absolute atomic E-state index is 0.701. The number of hydrogen-bond donors (Lipinski definition) is 2. The summed E-state index contributed by atoms with van der Waals surface area (Å²) in [6.07, 6.45) is 1.62. The van der Waals surface area contributed by atoms with Gasteiger partial charge >= 0.3 is 0 Å². The first kappa shape index (κ1) is 6.42. The van der Waals surface area contributed by atoms with Gasteiger partial charge in [-0.3, -0.25) is 5.10 Å². The maximum Gasteiger partial charge on any atom is 0.0979 e. The Labute approximate surface area is 67.9 Å². The Hall–Kier alpha value is -1.29. The van der Waals surface area contributed by atoms with E-state index in [1.54, 1.807) is 17.5 Å². The van der Waals surface area contributed by atoms with Crippen molar-refractivity contribution in [2.75, 3.05) is 5.73 Å². The van der Waals surface area contributed by atoms with E-state index in [1.807, 2.05) is 17.5 Å². The van der Waals surface area contributed by atoms with Crippen LogP contribution in [0, 0.1) is 0 Å². The molecule has 2 aromatic rings. The second kappa shape index (κ2) is 2.39. The molecule has 0 amide bonds. The molecule has 2 rings (SSSR count). The summed E-state index contributed by atoms with van der Waals surface area (Å²) in [4.78, 5) is 1.13. The summed E-state index contributed by atoms with van der Waals surface area (Å²) in [7, 11) is 0. The number of nitrogens with zero attached hydrogens (tertiary/aromatic N) is 1. The van der Waals surface area contributed by atoms with E-state index in [9.17, 15) is 0 Å². The summed E-state index contributed by atoms with van der Waals surface area (Å²) in [5.74, 6) is 0. The highest BCUT2D eigenvalue weighted by molar-refractivity contribution is 7.13. The minimum atomic E-state index is 0.701. The Kier molecular flexibility index (Phi) is 1.40. The molecule has 3 nitrogen and oxygen atoms in total. The van der Waals surface area contributed by atoms with Crippen molar-refractivity contribution in [3.63, 3.8) is 0 Å². The molecule has 0 unspecified atom stereocenters. The zero-order valence-corrected chi connectivity index (χ0v) is 6.56. The van der Waals surface area contributed by atoms with Crippen LogP contribution in [0.2, 0.25) is 0 Å². The van der Waals surface area contributed by atoms with Gasteiger partial charge in [0.2, 0.25) is 0 Å². The van der Waals surface area contributed by atoms with Crippen LogP contribution in [-0.4, -0.2) is 10.2 Å². The van der Waals surface area contributed by atoms with Gasteiger partial charge in [-0.25, -0.2) is 0 Å². The summed E-state index contributed by atoms with van der Waals surface area (Å²) in [6.45, 7) is 0. The Morgan fingerprint density at radius 1 is 1.55 bits per heavy atom. The van der Waals surface area contributed by atoms with E-state index in [4.69, 9.17) is 5.73 Å². The van der Waals surface area contributed by atoms with Crippen molar-refractivity contribution in [1.82, 2.24) is 10.2 Å². The standard InChI is InChI=1S/C7H7N3S/c8-5-4-9-10-7(5)6-2-1-3-11-6/h1-4H,8H2,(H,9,10). The van der Waals surface area contributed by atoms with Gasteiger partial charge < -0.3 is 5.73 Å². The molecule has 0 saturated carbocycles. The monoisotopic (exact) mass is 165 g/mol. The average molecular weight is 165 g/mol. The molecule has 0 fully saturated rings. The molecule has 11 heavy (non-hydrogen) atoms. The van der Waals surface area contributed by atoms with Crippen LogP contribution in [0.25, 0.3) is 10.6 Å². The van der Waals surface area contributed by atoms with Crippen molar-refractivity contribution < 1.29 is 0 Å². The van der Waals surface area contributed by atoms with Crippen molar-refractivity contribution in [3.05, 3.63) is 23.7 Å². The first-order chi connectivity index (χ1) is 5.38. The lowest BCUT2D eigenvalue weighted by Crippen LogP contribution is -1.83. The maximum absolute atomic E-state index is 5.64. The lowest BCUT2D eigenvalue weighted by atomic mass is 10.3. The van der Waals surface area contributed by atoms with Crippen LogP contribution in [0.3, 0.4) is 0 Å². The van der Waals surface area contributed by atoms with Gasteiger partial charge in [0.05, 0.1) is 22.5 Å². The van der Waals surface area contributed by atoms with Crippen LogP contribution in [0.1, 0.15) is 0 Å². The molecule has 56 valence electrons. The Morgan fingerprint density at radius 3 is 3.00 bits per heavy atom. The Bertz CT molecular complexity index is 336. The van der Waals surface area contributed by atoms with Gasteiger partial charge in [-0.2, -0.15) is 5.10 Å². The number of aromatic amines is 1. The summed E-state index contributed by atoms with van der Waals surface area (Å²) in [5, 5.41) is 8.69. The van der Waals surface area contributed by atoms with E-state index in [-0.39, 0.29) is 0 Å². The van der Waals surface area contributed by atoms with Gasteiger partial charge in [0.15, 0.2) is 0 Å². The number of nitrogens with two attached hydrogens (primary N) is 1. The third-order valence-corrected chi connectivity index (χ3v) is 2.32. The highest BCUT2D eigenvalue weighted by Gasteiger charge is 2.03. The van der Waals surface area contributed by atoms with Crippen LogP contribution in [-0.2, 0) is 0 Å². The number of rotatable bonds is 1. The zero-order valence-electron chi connectivity index (χ0n) is 5.74. The minimum Gasteiger partial charge on any atom is -0.396 e. The van der Waals surface area contributed by atoms with Crippen molar-refractivity contribution in [2.24, 2.45) is 0 Å². The number of nitrogen functional groups attached to an aromatic ring is 1. The number of aromatic nitrogens is 2. The van der Waals surface area contributed by atoms with Gasteiger partial charge in [-0.15, -0.1) is 11.3 Å². The van der Waals surface area contributed by atoms with Crippen molar-refractivity contribution in [2.45, 2.75) is 0 Å². The molecule has 3 N–H and O–H groups in total. The van der Waals surface area contributed by atoms with Crippen LogP contribution in [0.5, 0.6) is 0 Å². The predicted octanol–water partition coefficient (Wildman–Crippen LogP) is 1.72. The fraction of sp³-hybridized carbons (Fsp3) is 0.